The van der Waals surface area contributed by atoms with E-state index in [0.29, 0.717) is 0 Å². The molecule has 0 saturated heterocycles. The van der Waals surface area contributed by atoms with E-state index in [9.17, 15) is 5.11 Å². The Morgan fingerprint density at radius 2 is 1.70 bits per heavy atom. The highest BCUT2D eigenvalue weighted by Crippen LogP contribution is 2.52. The summed E-state index contributed by atoms with van der Waals surface area (Å²) in [6, 6.07) is 16.9. The van der Waals surface area contributed by atoms with Gasteiger partial charge in [-0.05, 0) is 43.4 Å². The van der Waals surface area contributed by atoms with E-state index in [4.69, 9.17) is 0 Å². The third-order valence-electron chi connectivity index (χ3n) is 4.84. The van der Waals surface area contributed by atoms with E-state index >= 15 is 0 Å². The van der Waals surface area contributed by atoms with E-state index in [-0.39, 0.29) is 5.41 Å². The van der Waals surface area contributed by atoms with Crippen molar-refractivity contribution in [2.24, 2.45) is 0 Å². The van der Waals surface area contributed by atoms with Crippen LogP contribution in [0.4, 0.5) is 0 Å². The van der Waals surface area contributed by atoms with Crippen molar-refractivity contribution in [1.82, 2.24) is 0 Å². The molecule has 20 heavy (non-hydrogen) atoms. The lowest BCUT2D eigenvalue weighted by molar-refractivity contribution is 0.0264. The fourth-order valence-corrected chi connectivity index (χ4v) is 3.48. The molecule has 0 aliphatic heterocycles. The van der Waals surface area contributed by atoms with Crippen molar-refractivity contribution in [2.45, 2.75) is 44.6 Å². The highest BCUT2D eigenvalue weighted by molar-refractivity contribution is 5.39. The van der Waals surface area contributed by atoms with Crippen LogP contribution in [0.1, 0.15) is 47.6 Å². The van der Waals surface area contributed by atoms with Gasteiger partial charge in [0.15, 0.2) is 0 Å². The van der Waals surface area contributed by atoms with Gasteiger partial charge in [-0.2, -0.15) is 0 Å². The van der Waals surface area contributed by atoms with Gasteiger partial charge in [-0.1, -0.05) is 60.5 Å². The van der Waals surface area contributed by atoms with Crippen LogP contribution in [0.5, 0.6) is 0 Å². The molecule has 1 unspecified atom stereocenters. The largest absolute Gasteiger partial charge is 0.387 e. The number of rotatable bonds is 3. The second-order valence-corrected chi connectivity index (χ2v) is 6.14. The molecule has 0 radical (unpaired) electrons. The first-order valence-corrected chi connectivity index (χ1v) is 7.44. The Labute approximate surface area is 121 Å². The predicted octanol–water partition coefficient (Wildman–Crippen LogP) is 4.46. The van der Waals surface area contributed by atoms with Crippen LogP contribution in [0.15, 0.2) is 48.5 Å². The maximum atomic E-state index is 11.0. The molecule has 3 rings (SSSR count). The lowest BCUT2D eigenvalue weighted by atomic mass is 9.59. The van der Waals surface area contributed by atoms with Crippen molar-refractivity contribution in [3.8, 4) is 0 Å². The Hall–Kier alpha value is -1.60. The first-order valence-electron chi connectivity index (χ1n) is 7.44. The lowest BCUT2D eigenvalue weighted by Gasteiger charge is -2.46. The molecule has 2 aromatic rings. The fourth-order valence-electron chi connectivity index (χ4n) is 3.48. The second kappa shape index (κ2) is 5.06. The molecule has 1 fully saturated rings. The molecule has 0 amide bonds. The number of hydrogen-bond donors (Lipinski definition) is 1. The Morgan fingerprint density at radius 3 is 2.25 bits per heavy atom. The molecule has 1 aliphatic rings. The van der Waals surface area contributed by atoms with Crippen LogP contribution >= 0.6 is 0 Å². The summed E-state index contributed by atoms with van der Waals surface area (Å²) >= 11 is 0. The van der Waals surface area contributed by atoms with Crippen LogP contribution in [-0.2, 0) is 5.41 Å². The molecule has 1 saturated carbocycles. The summed E-state index contributed by atoms with van der Waals surface area (Å²) in [6.07, 6.45) is 2.95. The third-order valence-corrected chi connectivity index (χ3v) is 4.84. The Morgan fingerprint density at radius 1 is 1.00 bits per heavy atom. The number of aliphatic hydroxyl groups excluding tert-OH is 1. The normalized spacial score (nSPS) is 18.4. The number of aliphatic hydroxyl groups is 1. The monoisotopic (exact) mass is 266 g/mol. The number of benzene rings is 2. The molecular weight excluding hydrogens is 244 g/mol. The van der Waals surface area contributed by atoms with E-state index < -0.39 is 6.10 Å². The number of aryl methyl sites for hydroxylation is 2. The van der Waals surface area contributed by atoms with Crippen molar-refractivity contribution < 1.29 is 5.11 Å². The van der Waals surface area contributed by atoms with Crippen molar-refractivity contribution in [1.29, 1.82) is 0 Å². The molecule has 0 spiro atoms. The molecule has 1 nitrogen and oxygen atoms in total. The van der Waals surface area contributed by atoms with Gasteiger partial charge in [-0.15, -0.1) is 0 Å². The van der Waals surface area contributed by atoms with E-state index in [1.165, 1.54) is 23.1 Å². The Bertz CT molecular complexity index is 596. The molecule has 1 heteroatoms. The van der Waals surface area contributed by atoms with Crippen LogP contribution < -0.4 is 0 Å². The van der Waals surface area contributed by atoms with E-state index in [1.807, 2.05) is 6.07 Å². The smallest absolute Gasteiger partial charge is 0.0889 e. The van der Waals surface area contributed by atoms with Crippen molar-refractivity contribution in [3.05, 3.63) is 70.8 Å². The lowest BCUT2D eigenvalue weighted by Crippen LogP contribution is -2.40. The quantitative estimate of drug-likeness (QED) is 0.869. The summed E-state index contributed by atoms with van der Waals surface area (Å²) in [6.45, 7) is 4.20. The zero-order chi connectivity index (χ0) is 14.2. The highest BCUT2D eigenvalue weighted by atomic mass is 16.3. The van der Waals surface area contributed by atoms with Crippen molar-refractivity contribution in [3.63, 3.8) is 0 Å². The summed E-state index contributed by atoms with van der Waals surface area (Å²) in [7, 11) is 0. The minimum Gasteiger partial charge on any atom is -0.387 e. The van der Waals surface area contributed by atoms with Gasteiger partial charge in [-0.3, -0.25) is 0 Å². The van der Waals surface area contributed by atoms with Crippen LogP contribution in [0, 0.1) is 13.8 Å². The average molecular weight is 266 g/mol. The van der Waals surface area contributed by atoms with Gasteiger partial charge in [0.25, 0.3) is 0 Å². The first kappa shape index (κ1) is 13.4. The van der Waals surface area contributed by atoms with E-state index in [0.717, 1.165) is 18.4 Å². The molecule has 0 bridgehead atoms. The van der Waals surface area contributed by atoms with Crippen molar-refractivity contribution >= 4 is 0 Å². The Balaban J connectivity index is 2.01. The molecule has 104 valence electrons. The molecule has 1 N–H and O–H groups in total. The minimum absolute atomic E-state index is 0.0821. The maximum absolute atomic E-state index is 11.0. The zero-order valence-corrected chi connectivity index (χ0v) is 12.3. The van der Waals surface area contributed by atoms with E-state index in [1.54, 1.807) is 0 Å². The molecule has 0 aromatic heterocycles. The molecule has 0 heterocycles. The van der Waals surface area contributed by atoms with Crippen molar-refractivity contribution in [2.75, 3.05) is 0 Å². The second-order valence-electron chi connectivity index (χ2n) is 6.14. The minimum atomic E-state index is -0.403. The maximum Gasteiger partial charge on any atom is 0.0889 e. The van der Waals surface area contributed by atoms with Crippen LogP contribution in [0.2, 0.25) is 0 Å². The third kappa shape index (κ3) is 2.06. The molecular formula is C19H22O. The van der Waals surface area contributed by atoms with Crippen LogP contribution in [0.3, 0.4) is 0 Å². The average Bonchev–Trinajstić information content (AvgIpc) is 2.38. The van der Waals surface area contributed by atoms with Gasteiger partial charge in [0, 0.05) is 5.41 Å². The zero-order valence-electron chi connectivity index (χ0n) is 12.3. The molecule has 2 aromatic carbocycles. The standard InChI is InChI=1S/C19H22O/c1-14-9-10-17(15(2)13-14)18(20)19(11-6-12-19)16-7-4-3-5-8-16/h3-5,7-10,13,18,20H,6,11-12H2,1-2H3. The van der Waals surface area contributed by atoms with Gasteiger partial charge in [0.2, 0.25) is 0 Å². The van der Waals surface area contributed by atoms with Gasteiger partial charge in [0.05, 0.1) is 6.10 Å². The Kier molecular flexibility index (Phi) is 3.39. The van der Waals surface area contributed by atoms with Gasteiger partial charge in [-0.25, -0.2) is 0 Å². The van der Waals surface area contributed by atoms with Gasteiger partial charge >= 0.3 is 0 Å². The van der Waals surface area contributed by atoms with Gasteiger partial charge < -0.3 is 5.11 Å². The SMILES string of the molecule is Cc1ccc(C(O)C2(c3ccccc3)CCC2)c(C)c1. The first-order chi connectivity index (χ1) is 9.63. The van der Waals surface area contributed by atoms with Gasteiger partial charge in [0.1, 0.15) is 0 Å². The highest BCUT2D eigenvalue weighted by Gasteiger charge is 2.45. The summed E-state index contributed by atoms with van der Waals surface area (Å²) in [5.41, 5.74) is 4.72. The predicted molar refractivity (Wildman–Crippen MR) is 82.8 cm³/mol. The fraction of sp³-hybridized carbons (Fsp3) is 0.368. The summed E-state index contributed by atoms with van der Waals surface area (Å²) in [4.78, 5) is 0. The summed E-state index contributed by atoms with van der Waals surface area (Å²) in [5, 5.41) is 11.0. The molecule has 1 atom stereocenters. The molecule has 1 aliphatic carbocycles. The topological polar surface area (TPSA) is 20.2 Å². The summed E-state index contributed by atoms with van der Waals surface area (Å²) in [5.74, 6) is 0. The van der Waals surface area contributed by atoms with Crippen LogP contribution in [-0.4, -0.2) is 5.11 Å². The number of hydrogen-bond acceptors (Lipinski definition) is 1. The summed E-state index contributed by atoms with van der Waals surface area (Å²) < 4.78 is 0. The van der Waals surface area contributed by atoms with Crippen LogP contribution in [0.25, 0.3) is 0 Å². The van der Waals surface area contributed by atoms with E-state index in [2.05, 4.69) is 56.3 Å².